The van der Waals surface area contributed by atoms with Crippen LogP contribution in [0.3, 0.4) is 0 Å². The second kappa shape index (κ2) is 6.27. The summed E-state index contributed by atoms with van der Waals surface area (Å²) in [4.78, 5) is 25.1. The van der Waals surface area contributed by atoms with Crippen molar-refractivity contribution in [1.29, 1.82) is 0 Å². The number of methoxy groups -OCH3 is 2. The molecule has 0 unspecified atom stereocenters. The first-order chi connectivity index (χ1) is 11.7. The highest BCUT2D eigenvalue weighted by Crippen LogP contribution is 2.56. The topological polar surface area (TPSA) is 61.8 Å². The molecule has 138 valence electrons. The third kappa shape index (κ3) is 3.03. The summed E-state index contributed by atoms with van der Waals surface area (Å²) in [6.45, 7) is 7.85. The summed E-state index contributed by atoms with van der Waals surface area (Å²) in [5.41, 5.74) is 2.60. The first kappa shape index (κ1) is 18.2. The standard InChI is InChI=1S/C20H28O5/c1-19(2,3)7-12-6-13-10-25-11-16(13)15-9-20(8-14(12)15,17(21)23-4)18(22)24-5/h7,13-14H,6,8-11H2,1-5H3/b12-7-/t13-,14-/m0/s1. The van der Waals surface area contributed by atoms with Crippen molar-refractivity contribution >= 4 is 11.9 Å². The molecule has 2 atom stereocenters. The zero-order valence-corrected chi connectivity index (χ0v) is 15.8. The highest BCUT2D eigenvalue weighted by molar-refractivity contribution is 6.01. The minimum atomic E-state index is -1.23. The Kier molecular flexibility index (Phi) is 4.56. The van der Waals surface area contributed by atoms with Crippen molar-refractivity contribution in [2.24, 2.45) is 22.7 Å². The van der Waals surface area contributed by atoms with Gasteiger partial charge < -0.3 is 14.2 Å². The second-order valence-electron chi connectivity index (χ2n) is 8.55. The molecule has 25 heavy (non-hydrogen) atoms. The van der Waals surface area contributed by atoms with E-state index in [0.717, 1.165) is 13.0 Å². The quantitative estimate of drug-likeness (QED) is 0.436. The monoisotopic (exact) mass is 348 g/mol. The largest absolute Gasteiger partial charge is 0.468 e. The Morgan fingerprint density at radius 3 is 2.36 bits per heavy atom. The van der Waals surface area contributed by atoms with Crippen molar-refractivity contribution in [3.8, 4) is 0 Å². The predicted octanol–water partition coefficient (Wildman–Crippen LogP) is 3.05. The zero-order valence-electron chi connectivity index (χ0n) is 15.8. The molecule has 3 rings (SSSR count). The minimum Gasteiger partial charge on any atom is -0.468 e. The molecule has 2 fully saturated rings. The molecule has 1 saturated carbocycles. The number of carbonyl (C=O) groups excluding carboxylic acids is 2. The van der Waals surface area contributed by atoms with Gasteiger partial charge in [-0.15, -0.1) is 0 Å². The fourth-order valence-corrected chi connectivity index (χ4v) is 4.68. The van der Waals surface area contributed by atoms with Crippen LogP contribution in [0.25, 0.3) is 0 Å². The van der Waals surface area contributed by atoms with Crippen LogP contribution >= 0.6 is 0 Å². The average Bonchev–Trinajstić information content (AvgIpc) is 3.16. The van der Waals surface area contributed by atoms with Gasteiger partial charge in [0.1, 0.15) is 0 Å². The Bertz CT molecular complexity index is 633. The molecule has 5 nitrogen and oxygen atoms in total. The second-order valence-corrected chi connectivity index (χ2v) is 8.55. The van der Waals surface area contributed by atoms with Crippen molar-refractivity contribution in [2.75, 3.05) is 27.4 Å². The number of ether oxygens (including phenoxy) is 3. The van der Waals surface area contributed by atoms with E-state index in [9.17, 15) is 9.59 Å². The number of allylic oxidation sites excluding steroid dienone is 3. The van der Waals surface area contributed by atoms with Gasteiger partial charge in [-0.3, -0.25) is 9.59 Å². The number of rotatable bonds is 2. The summed E-state index contributed by atoms with van der Waals surface area (Å²) >= 11 is 0. The molecule has 1 heterocycles. The summed E-state index contributed by atoms with van der Waals surface area (Å²) in [7, 11) is 2.67. The maximum atomic E-state index is 12.6. The van der Waals surface area contributed by atoms with Crippen LogP contribution in [0.1, 0.15) is 40.0 Å². The van der Waals surface area contributed by atoms with Gasteiger partial charge in [-0.05, 0) is 30.3 Å². The van der Waals surface area contributed by atoms with Crippen molar-refractivity contribution in [1.82, 2.24) is 0 Å². The fourth-order valence-electron chi connectivity index (χ4n) is 4.68. The highest BCUT2D eigenvalue weighted by atomic mass is 16.5. The first-order valence-electron chi connectivity index (χ1n) is 8.90. The van der Waals surface area contributed by atoms with Crippen LogP contribution in [-0.2, 0) is 23.8 Å². The highest BCUT2D eigenvalue weighted by Gasteiger charge is 2.58. The molecule has 0 N–H and O–H groups in total. The van der Waals surface area contributed by atoms with Gasteiger partial charge in [0, 0.05) is 11.8 Å². The number of esters is 2. The number of fused-ring (bicyclic) bond motifs is 2. The maximum absolute atomic E-state index is 12.6. The van der Waals surface area contributed by atoms with Crippen molar-refractivity contribution in [3.05, 3.63) is 22.8 Å². The van der Waals surface area contributed by atoms with Gasteiger partial charge >= 0.3 is 11.9 Å². The van der Waals surface area contributed by atoms with Crippen LogP contribution in [0.2, 0.25) is 0 Å². The summed E-state index contributed by atoms with van der Waals surface area (Å²) in [6, 6.07) is 0. The van der Waals surface area contributed by atoms with E-state index in [4.69, 9.17) is 14.2 Å². The predicted molar refractivity (Wildman–Crippen MR) is 92.7 cm³/mol. The van der Waals surface area contributed by atoms with E-state index >= 15 is 0 Å². The molecule has 1 saturated heterocycles. The first-order valence-corrected chi connectivity index (χ1v) is 8.90. The Balaban J connectivity index is 2.09. The van der Waals surface area contributed by atoms with Crippen LogP contribution in [0, 0.1) is 22.7 Å². The maximum Gasteiger partial charge on any atom is 0.323 e. The summed E-state index contributed by atoms with van der Waals surface area (Å²) in [6.07, 6.45) is 4.06. The Morgan fingerprint density at radius 1 is 1.16 bits per heavy atom. The fraction of sp³-hybridized carbons (Fsp3) is 0.700. The lowest BCUT2D eigenvalue weighted by atomic mass is 9.74. The van der Waals surface area contributed by atoms with Gasteiger partial charge in [0.15, 0.2) is 5.41 Å². The molecule has 2 aliphatic carbocycles. The number of hydrogen-bond donors (Lipinski definition) is 0. The van der Waals surface area contributed by atoms with E-state index in [0.29, 0.717) is 25.4 Å². The lowest BCUT2D eigenvalue weighted by Gasteiger charge is -2.30. The van der Waals surface area contributed by atoms with Crippen LogP contribution < -0.4 is 0 Å². The molecule has 0 radical (unpaired) electrons. The summed E-state index contributed by atoms with van der Waals surface area (Å²) in [5, 5.41) is 0. The van der Waals surface area contributed by atoms with Gasteiger partial charge in [-0.1, -0.05) is 38.0 Å². The number of carbonyl (C=O) groups is 2. The molecule has 0 amide bonds. The van der Waals surface area contributed by atoms with Gasteiger partial charge in [0.25, 0.3) is 0 Å². The Labute approximate surface area is 149 Å². The van der Waals surface area contributed by atoms with E-state index in [1.165, 1.54) is 30.9 Å². The molecule has 0 spiro atoms. The SMILES string of the molecule is COC(=O)C1(C(=O)OC)CC2=C3COC[C@@H]3C/C(=C/C(C)(C)C)[C@@H]2C1. The van der Waals surface area contributed by atoms with Crippen LogP contribution in [0.5, 0.6) is 0 Å². The van der Waals surface area contributed by atoms with E-state index in [1.54, 1.807) is 0 Å². The van der Waals surface area contributed by atoms with Gasteiger partial charge in [-0.2, -0.15) is 0 Å². The van der Waals surface area contributed by atoms with Gasteiger partial charge in [0.05, 0.1) is 27.4 Å². The average molecular weight is 348 g/mol. The lowest BCUT2D eigenvalue weighted by Crippen LogP contribution is -2.39. The molecule has 0 bridgehead atoms. The minimum absolute atomic E-state index is 0.0409. The zero-order chi connectivity index (χ0) is 18.4. The lowest BCUT2D eigenvalue weighted by molar-refractivity contribution is -0.168. The van der Waals surface area contributed by atoms with E-state index < -0.39 is 17.4 Å². The molecular weight excluding hydrogens is 320 g/mol. The van der Waals surface area contributed by atoms with Crippen LogP contribution in [0.15, 0.2) is 22.8 Å². The molecule has 0 aromatic heterocycles. The molecule has 3 aliphatic rings. The molecule has 0 aromatic rings. The van der Waals surface area contributed by atoms with Gasteiger partial charge in [0.2, 0.25) is 0 Å². The third-order valence-corrected chi connectivity index (χ3v) is 5.65. The van der Waals surface area contributed by atoms with Gasteiger partial charge in [-0.25, -0.2) is 0 Å². The van der Waals surface area contributed by atoms with Crippen molar-refractivity contribution < 1.29 is 23.8 Å². The number of hydrogen-bond acceptors (Lipinski definition) is 5. The van der Waals surface area contributed by atoms with Crippen LogP contribution in [-0.4, -0.2) is 39.4 Å². The Morgan fingerprint density at radius 2 is 1.80 bits per heavy atom. The van der Waals surface area contributed by atoms with Crippen molar-refractivity contribution in [3.63, 3.8) is 0 Å². The smallest absolute Gasteiger partial charge is 0.323 e. The normalized spacial score (nSPS) is 29.4. The summed E-state index contributed by atoms with van der Waals surface area (Å²) in [5.74, 6) is -0.517. The Hall–Kier alpha value is -1.62. The van der Waals surface area contributed by atoms with E-state index in [2.05, 4.69) is 26.8 Å². The van der Waals surface area contributed by atoms with Crippen LogP contribution in [0.4, 0.5) is 0 Å². The molecule has 0 aromatic carbocycles. The molecule has 5 heteroatoms. The third-order valence-electron chi connectivity index (χ3n) is 5.65. The van der Waals surface area contributed by atoms with E-state index in [1.807, 2.05) is 0 Å². The molecule has 1 aliphatic heterocycles. The van der Waals surface area contributed by atoms with E-state index in [-0.39, 0.29) is 11.3 Å². The van der Waals surface area contributed by atoms with Crippen molar-refractivity contribution in [2.45, 2.75) is 40.0 Å². The summed E-state index contributed by atoms with van der Waals surface area (Å²) < 4.78 is 15.7. The molecular formula is C20H28O5.